The van der Waals surface area contributed by atoms with Gasteiger partial charge < -0.3 is 5.32 Å². The Hall–Kier alpha value is -1.40. The summed E-state index contributed by atoms with van der Waals surface area (Å²) in [5.74, 6) is 0. The molecule has 0 spiro atoms. The van der Waals surface area contributed by atoms with Gasteiger partial charge in [-0.1, -0.05) is 15.9 Å². The maximum absolute atomic E-state index is 12.1. The lowest BCUT2D eigenvalue weighted by molar-refractivity contribution is 0.553. The van der Waals surface area contributed by atoms with E-state index in [4.69, 9.17) is 0 Å². The number of aromatic nitrogens is 2. The number of nitrogens with one attached hydrogen (secondary N) is 1. The van der Waals surface area contributed by atoms with E-state index >= 15 is 0 Å². The van der Waals surface area contributed by atoms with Crippen LogP contribution >= 0.6 is 15.9 Å². The van der Waals surface area contributed by atoms with Crippen molar-refractivity contribution in [3.63, 3.8) is 0 Å². The molecule has 2 rings (SSSR count). The van der Waals surface area contributed by atoms with Gasteiger partial charge in [-0.2, -0.15) is 0 Å². The Morgan fingerprint density at radius 1 is 1.35 bits per heavy atom. The Morgan fingerprint density at radius 2 is 2.06 bits per heavy atom. The van der Waals surface area contributed by atoms with Crippen molar-refractivity contribution in [2.24, 2.45) is 7.05 Å². The van der Waals surface area contributed by atoms with Gasteiger partial charge in [0.15, 0.2) is 0 Å². The van der Waals surface area contributed by atoms with Gasteiger partial charge in [-0.25, -0.2) is 9.36 Å². The Balaban J connectivity index is 2.96. The summed E-state index contributed by atoms with van der Waals surface area (Å²) in [6.07, 6.45) is 0. The highest BCUT2D eigenvalue weighted by molar-refractivity contribution is 9.10. The van der Waals surface area contributed by atoms with Gasteiger partial charge in [-0.3, -0.25) is 9.36 Å². The molecule has 1 heterocycles. The molecule has 90 valence electrons. The minimum atomic E-state index is -0.320. The fraction of sp³-hybridized carbons (Fsp3) is 0.273. The number of halogens is 1. The molecule has 0 unspecified atom stereocenters. The second kappa shape index (κ2) is 4.46. The summed E-state index contributed by atoms with van der Waals surface area (Å²) < 4.78 is 3.46. The number of benzene rings is 1. The zero-order chi connectivity index (χ0) is 12.6. The van der Waals surface area contributed by atoms with Gasteiger partial charge >= 0.3 is 5.69 Å². The molecule has 0 aliphatic heterocycles. The van der Waals surface area contributed by atoms with E-state index in [9.17, 15) is 9.59 Å². The molecule has 0 saturated heterocycles. The predicted octanol–water partition coefficient (Wildman–Crippen LogP) is 0.640. The van der Waals surface area contributed by atoms with Gasteiger partial charge in [0.05, 0.1) is 17.6 Å². The van der Waals surface area contributed by atoms with Gasteiger partial charge in [-0.15, -0.1) is 0 Å². The van der Waals surface area contributed by atoms with E-state index in [0.717, 1.165) is 4.47 Å². The lowest BCUT2D eigenvalue weighted by atomic mass is 10.2. The SMILES string of the molecule is CNCn1c(=O)c2cc(Br)ccc2n(C)c1=O. The maximum Gasteiger partial charge on any atom is 0.332 e. The summed E-state index contributed by atoms with van der Waals surface area (Å²) in [6.45, 7) is 0.202. The molecular weight excluding hydrogens is 286 g/mol. The third kappa shape index (κ3) is 1.94. The van der Waals surface area contributed by atoms with E-state index in [-0.39, 0.29) is 17.9 Å². The summed E-state index contributed by atoms with van der Waals surface area (Å²) in [7, 11) is 3.35. The van der Waals surface area contributed by atoms with Crippen molar-refractivity contribution in [2.75, 3.05) is 7.05 Å². The minimum Gasteiger partial charge on any atom is -0.302 e. The summed E-state index contributed by atoms with van der Waals surface area (Å²) >= 11 is 3.32. The summed E-state index contributed by atoms with van der Waals surface area (Å²) in [5.41, 5.74) is 0.0356. The lowest BCUT2D eigenvalue weighted by Gasteiger charge is -2.10. The second-order valence-corrected chi connectivity index (χ2v) is 4.66. The van der Waals surface area contributed by atoms with E-state index in [0.29, 0.717) is 10.9 Å². The molecule has 0 fully saturated rings. The summed E-state index contributed by atoms with van der Waals surface area (Å²) in [5, 5.41) is 3.33. The normalized spacial score (nSPS) is 11.0. The van der Waals surface area contributed by atoms with Crippen molar-refractivity contribution in [3.05, 3.63) is 43.5 Å². The quantitative estimate of drug-likeness (QED) is 0.885. The second-order valence-electron chi connectivity index (χ2n) is 3.75. The zero-order valence-electron chi connectivity index (χ0n) is 9.53. The standard InChI is InChI=1S/C11H12BrN3O2/c1-13-6-15-10(16)8-5-7(12)3-4-9(8)14(2)11(15)17/h3-5,13H,6H2,1-2H3. The zero-order valence-corrected chi connectivity index (χ0v) is 11.1. The van der Waals surface area contributed by atoms with Crippen molar-refractivity contribution < 1.29 is 0 Å². The van der Waals surface area contributed by atoms with Crippen LogP contribution in [0.5, 0.6) is 0 Å². The third-order valence-electron chi connectivity index (χ3n) is 2.63. The Labute approximate surface area is 106 Å². The van der Waals surface area contributed by atoms with Crippen molar-refractivity contribution in [2.45, 2.75) is 6.67 Å². The van der Waals surface area contributed by atoms with Crippen LogP contribution in [0.25, 0.3) is 10.9 Å². The first-order valence-electron chi connectivity index (χ1n) is 5.10. The van der Waals surface area contributed by atoms with Crippen molar-refractivity contribution >= 4 is 26.8 Å². The van der Waals surface area contributed by atoms with Gasteiger partial charge in [0.1, 0.15) is 0 Å². The fourth-order valence-corrected chi connectivity index (χ4v) is 2.15. The van der Waals surface area contributed by atoms with Gasteiger partial charge in [0, 0.05) is 11.5 Å². The molecule has 0 bridgehead atoms. The summed E-state index contributed by atoms with van der Waals surface area (Å²) in [4.78, 5) is 24.1. The van der Waals surface area contributed by atoms with Crippen LogP contribution in [0.4, 0.5) is 0 Å². The van der Waals surface area contributed by atoms with Gasteiger partial charge in [0.2, 0.25) is 0 Å². The molecule has 0 aliphatic carbocycles. The van der Waals surface area contributed by atoms with E-state index < -0.39 is 0 Å². The first-order valence-corrected chi connectivity index (χ1v) is 5.89. The van der Waals surface area contributed by atoms with Crippen LogP contribution in [0.15, 0.2) is 32.3 Å². The van der Waals surface area contributed by atoms with Crippen LogP contribution in [0.1, 0.15) is 0 Å². The maximum atomic E-state index is 12.1. The highest BCUT2D eigenvalue weighted by atomic mass is 79.9. The number of hydrogen-bond acceptors (Lipinski definition) is 3. The molecule has 1 N–H and O–H groups in total. The molecule has 5 nitrogen and oxygen atoms in total. The third-order valence-corrected chi connectivity index (χ3v) is 3.12. The van der Waals surface area contributed by atoms with Crippen molar-refractivity contribution in [1.82, 2.24) is 14.5 Å². The molecule has 2 aromatic rings. The van der Waals surface area contributed by atoms with Crippen molar-refractivity contribution in [3.8, 4) is 0 Å². The van der Waals surface area contributed by atoms with E-state index in [1.54, 1.807) is 26.2 Å². The van der Waals surface area contributed by atoms with Gasteiger partial charge in [-0.05, 0) is 25.2 Å². The van der Waals surface area contributed by atoms with Crippen LogP contribution in [-0.4, -0.2) is 16.2 Å². The fourth-order valence-electron chi connectivity index (χ4n) is 1.79. The minimum absolute atomic E-state index is 0.202. The molecule has 6 heteroatoms. The van der Waals surface area contributed by atoms with Gasteiger partial charge in [0.25, 0.3) is 5.56 Å². The summed E-state index contributed by atoms with van der Waals surface area (Å²) in [6, 6.07) is 5.29. The predicted molar refractivity (Wildman–Crippen MR) is 70.2 cm³/mol. The molecule has 1 aromatic heterocycles. The number of aryl methyl sites for hydroxylation is 1. The van der Waals surface area contributed by atoms with Crippen LogP contribution in [-0.2, 0) is 13.7 Å². The molecule has 0 aliphatic rings. The number of rotatable bonds is 2. The number of hydrogen-bond donors (Lipinski definition) is 1. The van der Waals surface area contributed by atoms with Crippen molar-refractivity contribution in [1.29, 1.82) is 0 Å². The largest absolute Gasteiger partial charge is 0.332 e. The van der Waals surface area contributed by atoms with Crippen LogP contribution in [0, 0.1) is 0 Å². The monoisotopic (exact) mass is 297 g/mol. The Bertz CT molecular complexity index is 687. The molecule has 17 heavy (non-hydrogen) atoms. The smallest absolute Gasteiger partial charge is 0.302 e. The highest BCUT2D eigenvalue weighted by Crippen LogP contribution is 2.15. The average Bonchev–Trinajstić information content (AvgIpc) is 2.32. The highest BCUT2D eigenvalue weighted by Gasteiger charge is 2.10. The van der Waals surface area contributed by atoms with Crippen LogP contribution < -0.4 is 16.6 Å². The molecular formula is C11H12BrN3O2. The number of nitrogens with zero attached hydrogens (tertiary/aromatic N) is 2. The van der Waals surface area contributed by atoms with Crippen LogP contribution in [0.2, 0.25) is 0 Å². The lowest BCUT2D eigenvalue weighted by Crippen LogP contribution is -2.41. The topological polar surface area (TPSA) is 56.0 Å². The first-order chi connectivity index (χ1) is 8.06. The van der Waals surface area contributed by atoms with E-state index in [1.807, 2.05) is 6.07 Å². The molecule has 0 amide bonds. The number of fused-ring (bicyclic) bond motifs is 1. The molecule has 0 saturated carbocycles. The van der Waals surface area contributed by atoms with E-state index in [1.165, 1.54) is 9.13 Å². The van der Waals surface area contributed by atoms with Crippen LogP contribution in [0.3, 0.4) is 0 Å². The molecule has 0 radical (unpaired) electrons. The Kier molecular flexibility index (Phi) is 3.17. The molecule has 0 atom stereocenters. The average molecular weight is 298 g/mol. The van der Waals surface area contributed by atoms with E-state index in [2.05, 4.69) is 21.2 Å². The molecule has 1 aromatic carbocycles. The Morgan fingerprint density at radius 3 is 2.71 bits per heavy atom. The first kappa shape index (κ1) is 12.1.